The molecule has 2 amide bonds. The van der Waals surface area contributed by atoms with Gasteiger partial charge in [0.2, 0.25) is 11.8 Å². The van der Waals surface area contributed by atoms with Crippen LogP contribution in [-0.4, -0.2) is 53.7 Å². The van der Waals surface area contributed by atoms with Crippen LogP contribution >= 0.6 is 23.4 Å². The SMILES string of the molecule is O=C(O)CNC(=O)CC(CNC(=O)C1CSCN1)c1ccc(Cl)cc1. The largest absolute Gasteiger partial charge is 0.480 e. The molecule has 25 heavy (non-hydrogen) atoms. The van der Waals surface area contributed by atoms with Gasteiger partial charge in [-0.05, 0) is 17.7 Å². The number of benzene rings is 1. The summed E-state index contributed by atoms with van der Waals surface area (Å²) in [7, 11) is 0. The molecule has 4 N–H and O–H groups in total. The van der Waals surface area contributed by atoms with Crippen LogP contribution in [0.3, 0.4) is 0 Å². The predicted octanol–water partition coefficient (Wildman–Crippen LogP) is 0.793. The zero-order chi connectivity index (χ0) is 18.2. The van der Waals surface area contributed by atoms with E-state index < -0.39 is 12.5 Å². The molecule has 0 aliphatic carbocycles. The Bertz CT molecular complexity index is 620. The summed E-state index contributed by atoms with van der Waals surface area (Å²) in [5.74, 6) is -0.396. The number of halogens is 1. The van der Waals surface area contributed by atoms with Gasteiger partial charge in [0.1, 0.15) is 6.54 Å². The third-order valence-corrected chi connectivity index (χ3v) is 4.96. The molecule has 7 nitrogen and oxygen atoms in total. The first-order valence-corrected chi connectivity index (χ1v) is 9.31. The Morgan fingerprint density at radius 1 is 1.28 bits per heavy atom. The minimum atomic E-state index is -1.10. The first kappa shape index (κ1) is 19.6. The molecule has 0 aromatic heterocycles. The lowest BCUT2D eigenvalue weighted by Crippen LogP contribution is -2.43. The van der Waals surface area contributed by atoms with Crippen LogP contribution < -0.4 is 16.0 Å². The minimum absolute atomic E-state index is 0.0715. The number of hydrogen-bond donors (Lipinski definition) is 4. The van der Waals surface area contributed by atoms with E-state index in [-0.39, 0.29) is 36.7 Å². The van der Waals surface area contributed by atoms with Gasteiger partial charge in [-0.15, -0.1) is 11.8 Å². The fraction of sp³-hybridized carbons (Fsp3) is 0.438. The number of rotatable bonds is 8. The molecule has 136 valence electrons. The van der Waals surface area contributed by atoms with Crippen molar-refractivity contribution in [3.05, 3.63) is 34.9 Å². The third kappa shape index (κ3) is 6.56. The summed E-state index contributed by atoms with van der Waals surface area (Å²) in [6, 6.07) is 6.81. The van der Waals surface area contributed by atoms with E-state index >= 15 is 0 Å². The van der Waals surface area contributed by atoms with Gasteiger partial charge in [-0.3, -0.25) is 19.7 Å². The maximum absolute atomic E-state index is 12.1. The Labute approximate surface area is 154 Å². The Morgan fingerprint density at radius 2 is 2.00 bits per heavy atom. The highest BCUT2D eigenvalue weighted by Gasteiger charge is 2.24. The lowest BCUT2D eigenvalue weighted by molar-refractivity contribution is -0.138. The maximum Gasteiger partial charge on any atom is 0.322 e. The van der Waals surface area contributed by atoms with Gasteiger partial charge in [-0.1, -0.05) is 23.7 Å². The number of aliphatic carboxylic acids is 1. The molecule has 1 aliphatic heterocycles. The number of carbonyl (C=O) groups is 3. The first-order valence-electron chi connectivity index (χ1n) is 7.78. The van der Waals surface area contributed by atoms with E-state index in [4.69, 9.17) is 16.7 Å². The molecule has 0 spiro atoms. The van der Waals surface area contributed by atoms with Gasteiger partial charge in [0.25, 0.3) is 0 Å². The van der Waals surface area contributed by atoms with Crippen molar-refractivity contribution in [2.75, 3.05) is 24.7 Å². The quantitative estimate of drug-likeness (QED) is 0.527. The van der Waals surface area contributed by atoms with Crippen molar-refractivity contribution in [2.24, 2.45) is 0 Å². The number of hydrogen-bond acceptors (Lipinski definition) is 5. The summed E-state index contributed by atoms with van der Waals surface area (Å²) in [6.45, 7) is -0.147. The number of carboxylic acids is 1. The molecular formula is C16H20ClN3O4S. The minimum Gasteiger partial charge on any atom is -0.480 e. The molecule has 1 heterocycles. The normalized spacial score (nSPS) is 17.7. The van der Waals surface area contributed by atoms with Gasteiger partial charge in [0.05, 0.1) is 6.04 Å². The first-order chi connectivity index (χ1) is 12.0. The number of thioether (sulfide) groups is 1. The summed E-state index contributed by atoms with van der Waals surface area (Å²) in [6.07, 6.45) is 0.0715. The van der Waals surface area contributed by atoms with Crippen molar-refractivity contribution in [1.82, 2.24) is 16.0 Å². The van der Waals surface area contributed by atoms with Gasteiger partial charge in [0.15, 0.2) is 0 Å². The molecule has 1 aromatic rings. The number of carboxylic acid groups (broad SMARTS) is 1. The second kappa shape index (κ2) is 9.65. The molecule has 1 aliphatic rings. The summed E-state index contributed by atoms with van der Waals surface area (Å²) in [4.78, 5) is 34.7. The summed E-state index contributed by atoms with van der Waals surface area (Å²) >= 11 is 7.55. The molecule has 0 saturated carbocycles. The van der Waals surface area contributed by atoms with Gasteiger partial charge < -0.3 is 15.7 Å². The predicted molar refractivity (Wildman–Crippen MR) is 96.7 cm³/mol. The standard InChI is InChI=1S/C16H20ClN3O4S/c17-12-3-1-10(2-4-12)11(5-14(21)18-7-15(22)23)6-19-16(24)13-8-25-9-20-13/h1-4,11,13,20H,5-9H2,(H,18,21)(H,19,24)(H,22,23). The summed E-state index contributed by atoms with van der Waals surface area (Å²) in [5, 5.41) is 17.5. The van der Waals surface area contributed by atoms with Crippen molar-refractivity contribution >= 4 is 41.1 Å². The molecule has 1 aromatic carbocycles. The fourth-order valence-electron chi connectivity index (χ4n) is 2.42. The third-order valence-electron chi connectivity index (χ3n) is 3.77. The molecule has 9 heteroatoms. The van der Waals surface area contributed by atoms with Gasteiger partial charge >= 0.3 is 5.97 Å². The monoisotopic (exact) mass is 385 g/mol. The van der Waals surface area contributed by atoms with E-state index in [0.717, 1.165) is 17.2 Å². The molecule has 1 saturated heterocycles. The second-order valence-corrected chi connectivity index (χ2v) is 7.11. The van der Waals surface area contributed by atoms with E-state index in [0.29, 0.717) is 5.02 Å². The topological polar surface area (TPSA) is 108 Å². The fourth-order valence-corrected chi connectivity index (χ4v) is 3.49. The molecule has 1 fully saturated rings. The van der Waals surface area contributed by atoms with Crippen LogP contribution in [0.4, 0.5) is 0 Å². The number of amides is 2. The lowest BCUT2D eigenvalue weighted by atomic mass is 9.95. The highest BCUT2D eigenvalue weighted by atomic mass is 35.5. The average Bonchev–Trinajstić information content (AvgIpc) is 3.12. The Kier molecular flexibility index (Phi) is 7.54. The smallest absolute Gasteiger partial charge is 0.322 e. The van der Waals surface area contributed by atoms with Crippen LogP contribution in [0.2, 0.25) is 5.02 Å². The van der Waals surface area contributed by atoms with E-state index in [1.165, 1.54) is 0 Å². The van der Waals surface area contributed by atoms with Crippen molar-refractivity contribution in [3.8, 4) is 0 Å². The van der Waals surface area contributed by atoms with Crippen molar-refractivity contribution in [2.45, 2.75) is 18.4 Å². The van der Waals surface area contributed by atoms with Crippen LogP contribution in [0.1, 0.15) is 17.9 Å². The highest BCUT2D eigenvalue weighted by Crippen LogP contribution is 2.21. The number of carbonyl (C=O) groups excluding carboxylic acids is 2. The van der Waals surface area contributed by atoms with E-state index in [1.54, 1.807) is 36.0 Å². The van der Waals surface area contributed by atoms with Crippen LogP contribution in [0.25, 0.3) is 0 Å². The van der Waals surface area contributed by atoms with Gasteiger partial charge in [-0.2, -0.15) is 0 Å². The highest BCUT2D eigenvalue weighted by molar-refractivity contribution is 7.99. The van der Waals surface area contributed by atoms with E-state index in [2.05, 4.69) is 16.0 Å². The summed E-state index contributed by atoms with van der Waals surface area (Å²) < 4.78 is 0. The van der Waals surface area contributed by atoms with Crippen molar-refractivity contribution in [3.63, 3.8) is 0 Å². The molecule has 2 rings (SSSR count). The van der Waals surface area contributed by atoms with E-state index in [9.17, 15) is 14.4 Å². The average molecular weight is 386 g/mol. The van der Waals surface area contributed by atoms with Crippen molar-refractivity contribution in [1.29, 1.82) is 0 Å². The molecule has 0 bridgehead atoms. The molecule has 0 radical (unpaired) electrons. The Morgan fingerprint density at radius 3 is 2.60 bits per heavy atom. The molecule has 2 atom stereocenters. The van der Waals surface area contributed by atoms with Crippen LogP contribution in [0, 0.1) is 0 Å². The van der Waals surface area contributed by atoms with Crippen LogP contribution in [-0.2, 0) is 14.4 Å². The zero-order valence-corrected chi connectivity index (χ0v) is 15.0. The van der Waals surface area contributed by atoms with Gasteiger partial charge in [-0.25, -0.2) is 0 Å². The summed E-state index contributed by atoms with van der Waals surface area (Å²) in [5.41, 5.74) is 0.851. The lowest BCUT2D eigenvalue weighted by Gasteiger charge is -2.19. The number of nitrogens with one attached hydrogen (secondary N) is 3. The van der Waals surface area contributed by atoms with E-state index in [1.807, 2.05) is 0 Å². The van der Waals surface area contributed by atoms with Crippen LogP contribution in [0.5, 0.6) is 0 Å². The Hall–Kier alpha value is -1.77. The molecule has 2 unspecified atom stereocenters. The zero-order valence-electron chi connectivity index (χ0n) is 13.5. The van der Waals surface area contributed by atoms with Gasteiger partial charge in [0, 0.05) is 35.5 Å². The van der Waals surface area contributed by atoms with Crippen LogP contribution in [0.15, 0.2) is 24.3 Å². The van der Waals surface area contributed by atoms with Crippen molar-refractivity contribution < 1.29 is 19.5 Å². The molecular weight excluding hydrogens is 366 g/mol. The second-order valence-electron chi connectivity index (χ2n) is 5.64. The maximum atomic E-state index is 12.1. The Balaban J connectivity index is 1.98.